The highest BCUT2D eigenvalue weighted by atomic mass is 16.6. The van der Waals surface area contributed by atoms with Gasteiger partial charge >= 0.3 is 11.4 Å². The zero-order valence-electron chi connectivity index (χ0n) is 42.6. The molecule has 8 nitrogen and oxygen atoms in total. The lowest BCUT2D eigenvalue weighted by Gasteiger charge is -2.57. The average molecular weight is 977 g/mol. The predicted molar refractivity (Wildman–Crippen MR) is 280 cm³/mol. The van der Waals surface area contributed by atoms with Gasteiger partial charge in [0.15, 0.2) is 11.5 Å². The molecule has 21 rings (SSSR count). The maximum absolute atomic E-state index is 13.9. The van der Waals surface area contributed by atoms with Crippen LogP contribution >= 0.6 is 0 Å². The van der Waals surface area contributed by atoms with Crippen molar-refractivity contribution < 1.29 is 20.1 Å². The number of hydrogen-bond donors (Lipinski definition) is 2. The fourth-order valence-electron chi connectivity index (χ4n) is 24.3. The quantitative estimate of drug-likeness (QED) is 0.118. The van der Waals surface area contributed by atoms with E-state index in [4.69, 9.17) is 0 Å². The molecule has 0 aliphatic heterocycles. The first-order chi connectivity index (χ1) is 35.2. The van der Waals surface area contributed by atoms with E-state index in [0.717, 1.165) is 119 Å². The number of rotatable bonds is 8. The molecule has 73 heavy (non-hydrogen) atoms. The minimum Gasteiger partial charge on any atom is -0.502 e. The first-order valence-corrected chi connectivity index (χ1v) is 29.6. The Labute approximate surface area is 429 Å². The van der Waals surface area contributed by atoms with E-state index in [1.165, 1.54) is 127 Å². The number of phenolic OH excluding ortho intramolecular Hbond substituents is 2. The van der Waals surface area contributed by atoms with E-state index >= 15 is 0 Å². The van der Waals surface area contributed by atoms with Crippen molar-refractivity contribution in [2.24, 2.45) is 71.0 Å². The predicted octanol–water partition coefficient (Wildman–Crippen LogP) is 15.1. The fraction of sp³-hybridized carbons (Fsp3) is 0.631. The summed E-state index contributed by atoms with van der Waals surface area (Å²) in [5.74, 6) is 7.29. The Hall–Kier alpha value is -4.72. The van der Waals surface area contributed by atoms with Crippen LogP contribution in [-0.4, -0.2) is 20.1 Å². The number of nitro groups is 2. The number of phenols is 2. The van der Waals surface area contributed by atoms with Crippen LogP contribution in [0.4, 0.5) is 11.4 Å². The molecule has 4 aromatic carbocycles. The summed E-state index contributed by atoms with van der Waals surface area (Å²) in [6.07, 6.45) is 28.0. The minimum absolute atomic E-state index is 0.0469. The molecule has 16 bridgehead atoms. The molecular formula is C65H72N2O6. The van der Waals surface area contributed by atoms with E-state index in [2.05, 4.69) is 48.5 Å². The molecule has 0 atom stereocenters. The van der Waals surface area contributed by atoms with Crippen molar-refractivity contribution in [1.29, 1.82) is 0 Å². The van der Waals surface area contributed by atoms with Crippen molar-refractivity contribution in [3.63, 3.8) is 0 Å². The summed E-state index contributed by atoms with van der Waals surface area (Å²) < 4.78 is 0. The molecule has 4 aromatic rings. The molecule has 0 heterocycles. The second kappa shape index (κ2) is 14.4. The molecule has 0 spiro atoms. The first-order valence-electron chi connectivity index (χ1n) is 29.6. The third-order valence-electron chi connectivity index (χ3n) is 25.1. The third-order valence-corrected chi connectivity index (χ3v) is 25.1. The van der Waals surface area contributed by atoms with Crippen LogP contribution in [0, 0.1) is 91.2 Å². The van der Waals surface area contributed by atoms with Crippen LogP contribution in [0.2, 0.25) is 0 Å². The van der Waals surface area contributed by atoms with Crippen LogP contribution < -0.4 is 0 Å². The van der Waals surface area contributed by atoms with Crippen LogP contribution in [0.3, 0.4) is 0 Å². The number of benzene rings is 4. The summed E-state index contributed by atoms with van der Waals surface area (Å²) >= 11 is 0. The lowest BCUT2D eigenvalue weighted by molar-refractivity contribution is -0.386. The van der Waals surface area contributed by atoms with Gasteiger partial charge in [-0.2, -0.15) is 0 Å². The fourth-order valence-corrected chi connectivity index (χ4v) is 24.3. The van der Waals surface area contributed by atoms with Gasteiger partial charge < -0.3 is 10.2 Å². The van der Waals surface area contributed by atoms with Crippen LogP contribution in [0.15, 0.2) is 60.7 Å². The van der Waals surface area contributed by atoms with Gasteiger partial charge in [-0.1, -0.05) is 36.4 Å². The molecule has 378 valence electrons. The molecule has 16 fully saturated rings. The molecule has 2 N–H and O–H groups in total. The highest BCUT2D eigenvalue weighted by Crippen LogP contribution is 2.69. The summed E-state index contributed by atoms with van der Waals surface area (Å²) in [5.41, 5.74) is 7.71. The minimum atomic E-state index is -1.22. The number of aromatic hydroxyl groups is 2. The second-order valence-corrected chi connectivity index (χ2v) is 29.4. The first kappa shape index (κ1) is 43.5. The molecule has 0 radical (unpaired) electrons. The Morgan fingerprint density at radius 1 is 0.342 bits per heavy atom. The van der Waals surface area contributed by atoms with Crippen LogP contribution in [-0.2, 0) is 27.1 Å². The van der Waals surface area contributed by atoms with E-state index in [1.807, 2.05) is 0 Å². The molecule has 0 aromatic heterocycles. The van der Waals surface area contributed by atoms with Crippen molar-refractivity contribution >= 4 is 11.4 Å². The highest BCUT2D eigenvalue weighted by molar-refractivity contribution is 5.88. The van der Waals surface area contributed by atoms with Gasteiger partial charge in [-0.25, -0.2) is 0 Å². The van der Waals surface area contributed by atoms with Crippen LogP contribution in [0.25, 0.3) is 11.1 Å². The molecule has 0 saturated heterocycles. The van der Waals surface area contributed by atoms with Crippen LogP contribution in [0.5, 0.6) is 11.5 Å². The normalized spacial score (nSPS) is 44.0. The molecule has 16 saturated carbocycles. The summed E-state index contributed by atoms with van der Waals surface area (Å²) in [7, 11) is 0. The zero-order chi connectivity index (χ0) is 48.7. The molecular weight excluding hydrogens is 905 g/mol. The van der Waals surface area contributed by atoms with E-state index in [0.29, 0.717) is 35.5 Å². The van der Waals surface area contributed by atoms with Gasteiger partial charge in [-0.15, -0.1) is 0 Å². The Balaban J connectivity index is 0.984. The summed E-state index contributed by atoms with van der Waals surface area (Å²) in [5, 5.41) is 53.0. The van der Waals surface area contributed by atoms with E-state index in [9.17, 15) is 30.4 Å². The Kier molecular flexibility index (Phi) is 8.58. The van der Waals surface area contributed by atoms with Gasteiger partial charge in [0.1, 0.15) is 0 Å². The maximum Gasteiger partial charge on any atom is 0.311 e. The standard InChI is InChI=1S/C65H72N2O6/c68-59-55(63-29-41-11-42(30-63)13-43(12-41)31-63)19-49(21-57(59)66(70)71)65(50-20-56(60(69)58(22-50)67(72)73)64-32-44-14-45(33-64)16-46(15-44)34-64)53-17-47(61-23-35-5-36(24-61)7-37(6-35)25-61)1-3-51(53)52-4-2-48(18-54(52)65)62-26-38-8-39(27-62)10-40(9-38)28-62/h1-4,17-22,35-46,68-69H,5-16,23-34H2. The summed E-state index contributed by atoms with van der Waals surface area (Å²) in [4.78, 5) is 27.0. The summed E-state index contributed by atoms with van der Waals surface area (Å²) in [6.45, 7) is 0. The Morgan fingerprint density at radius 3 is 0.849 bits per heavy atom. The maximum atomic E-state index is 13.9. The second-order valence-electron chi connectivity index (χ2n) is 29.4. The van der Waals surface area contributed by atoms with Gasteiger partial charge in [0, 0.05) is 34.1 Å². The monoisotopic (exact) mass is 977 g/mol. The van der Waals surface area contributed by atoms with Crippen molar-refractivity contribution in [1.82, 2.24) is 0 Å². The van der Waals surface area contributed by atoms with Gasteiger partial charge in [-0.3, -0.25) is 20.2 Å². The lowest BCUT2D eigenvalue weighted by Crippen LogP contribution is -2.49. The number of hydrogen-bond acceptors (Lipinski definition) is 6. The van der Waals surface area contributed by atoms with Gasteiger partial charge in [0.05, 0.1) is 15.3 Å². The van der Waals surface area contributed by atoms with Gasteiger partial charge in [0.2, 0.25) is 0 Å². The van der Waals surface area contributed by atoms with Crippen molar-refractivity contribution in [2.45, 2.75) is 181 Å². The number of fused-ring (bicyclic) bond motifs is 3. The largest absolute Gasteiger partial charge is 0.502 e. The lowest BCUT2D eigenvalue weighted by atomic mass is 9.47. The molecule has 8 heteroatoms. The van der Waals surface area contributed by atoms with E-state index < -0.39 is 5.41 Å². The number of nitro benzene ring substituents is 2. The van der Waals surface area contributed by atoms with E-state index in [-0.39, 0.29) is 54.4 Å². The zero-order valence-corrected chi connectivity index (χ0v) is 42.6. The topological polar surface area (TPSA) is 127 Å². The molecule has 0 amide bonds. The number of nitrogens with zero attached hydrogens (tertiary/aromatic N) is 2. The third kappa shape index (κ3) is 5.86. The van der Waals surface area contributed by atoms with E-state index in [1.54, 1.807) is 12.1 Å². The van der Waals surface area contributed by atoms with Crippen molar-refractivity contribution in [3.05, 3.63) is 125 Å². The van der Waals surface area contributed by atoms with Crippen molar-refractivity contribution in [3.8, 4) is 22.6 Å². The molecule has 0 unspecified atom stereocenters. The Bertz CT molecular complexity index is 2780. The smallest absolute Gasteiger partial charge is 0.311 e. The average Bonchev–Trinajstić information content (AvgIpc) is 3.73. The molecule has 17 aliphatic rings. The highest BCUT2D eigenvalue weighted by Gasteiger charge is 2.60. The summed E-state index contributed by atoms with van der Waals surface area (Å²) in [6, 6.07) is 22.6. The van der Waals surface area contributed by atoms with Crippen molar-refractivity contribution in [2.75, 3.05) is 0 Å². The SMILES string of the molecule is O=[N+]([O-])c1cc(C2(c3cc([N+](=O)[O-])c(O)c(C45CC6CC(CC(C6)C4)C5)c3)c3cc(C45CC6CC(CC(C6)C4)C5)ccc3-c3ccc(C45CC6CC(CC(C6)C4)C5)cc32)cc(C23CC4CC(CC(C4)C2)C3)c1O. The van der Waals surface area contributed by atoms with Gasteiger partial charge in [-0.05, 0) is 293 Å². The van der Waals surface area contributed by atoms with Gasteiger partial charge in [0.25, 0.3) is 0 Å². The van der Waals surface area contributed by atoms with Crippen LogP contribution in [0.1, 0.15) is 199 Å². The Morgan fingerprint density at radius 2 is 0.589 bits per heavy atom. The molecule has 17 aliphatic carbocycles.